The normalized spacial score (nSPS) is 12.2. The summed E-state index contributed by atoms with van der Waals surface area (Å²) in [5, 5.41) is 4.93. The summed E-state index contributed by atoms with van der Waals surface area (Å²) in [4.78, 5) is 4.65. The number of hydrogen-bond acceptors (Lipinski definition) is 5. The SMILES string of the molecule is Cc1ccccc1/N=c1/ccc2c(-c3ccccc3S(=O)(=O)O)c3ccc(Nc4c(C)cccc4C)cc3oc-2c1. The van der Waals surface area contributed by atoms with Gasteiger partial charge < -0.3 is 9.73 Å². The molecule has 0 fully saturated rings. The summed E-state index contributed by atoms with van der Waals surface area (Å²) in [7, 11) is -4.49. The van der Waals surface area contributed by atoms with Gasteiger partial charge in [0, 0.05) is 45.6 Å². The summed E-state index contributed by atoms with van der Waals surface area (Å²) >= 11 is 0. The highest BCUT2D eigenvalue weighted by Crippen LogP contribution is 2.43. The largest absolute Gasteiger partial charge is 0.456 e. The zero-order valence-electron chi connectivity index (χ0n) is 22.8. The van der Waals surface area contributed by atoms with E-state index in [1.807, 2.05) is 73.7 Å². The minimum Gasteiger partial charge on any atom is -0.456 e. The van der Waals surface area contributed by atoms with E-state index >= 15 is 0 Å². The van der Waals surface area contributed by atoms with Gasteiger partial charge in [-0.1, -0.05) is 54.6 Å². The molecule has 41 heavy (non-hydrogen) atoms. The van der Waals surface area contributed by atoms with Gasteiger partial charge in [0.1, 0.15) is 16.2 Å². The third-order valence-electron chi connectivity index (χ3n) is 7.26. The van der Waals surface area contributed by atoms with E-state index in [1.165, 1.54) is 6.07 Å². The van der Waals surface area contributed by atoms with Crippen molar-refractivity contribution in [2.24, 2.45) is 4.99 Å². The van der Waals surface area contributed by atoms with Crippen LogP contribution in [0, 0.1) is 20.8 Å². The molecule has 1 aliphatic carbocycles. The van der Waals surface area contributed by atoms with Gasteiger partial charge in [-0.05, 0) is 73.9 Å². The topological polar surface area (TPSA) is 91.9 Å². The van der Waals surface area contributed by atoms with E-state index in [1.54, 1.807) is 18.2 Å². The first-order chi connectivity index (χ1) is 19.7. The molecule has 6 nitrogen and oxygen atoms in total. The predicted octanol–water partition coefficient (Wildman–Crippen LogP) is 8.35. The maximum absolute atomic E-state index is 12.4. The molecular formula is C34H28N2O4S. The van der Waals surface area contributed by atoms with Crippen LogP contribution in [0.4, 0.5) is 17.1 Å². The molecule has 1 heterocycles. The van der Waals surface area contributed by atoms with E-state index in [0.717, 1.165) is 33.8 Å². The Balaban J connectivity index is 1.63. The summed E-state index contributed by atoms with van der Waals surface area (Å²) in [6.45, 7) is 6.11. The van der Waals surface area contributed by atoms with E-state index < -0.39 is 10.1 Å². The summed E-state index contributed by atoms with van der Waals surface area (Å²) in [6.07, 6.45) is 0. The molecule has 0 saturated carbocycles. The van der Waals surface area contributed by atoms with Crippen molar-refractivity contribution in [2.75, 3.05) is 5.32 Å². The van der Waals surface area contributed by atoms with Gasteiger partial charge in [0.2, 0.25) is 0 Å². The lowest BCUT2D eigenvalue weighted by Crippen LogP contribution is -2.05. The highest BCUT2D eigenvalue weighted by molar-refractivity contribution is 7.86. The lowest BCUT2D eigenvalue weighted by molar-refractivity contribution is 0.483. The van der Waals surface area contributed by atoms with Crippen LogP contribution in [-0.4, -0.2) is 13.0 Å². The molecule has 0 atom stereocenters. The van der Waals surface area contributed by atoms with Gasteiger partial charge in [-0.15, -0.1) is 0 Å². The Hall–Kier alpha value is -4.72. The first-order valence-corrected chi connectivity index (χ1v) is 14.6. The molecule has 6 rings (SSSR count). The van der Waals surface area contributed by atoms with Gasteiger partial charge in [-0.3, -0.25) is 4.55 Å². The third kappa shape index (κ3) is 5.13. The Morgan fingerprint density at radius 1 is 0.732 bits per heavy atom. The highest BCUT2D eigenvalue weighted by atomic mass is 32.2. The number of hydrogen-bond donors (Lipinski definition) is 2. The average molecular weight is 561 g/mol. The van der Waals surface area contributed by atoms with E-state index in [-0.39, 0.29) is 4.90 Å². The average Bonchev–Trinajstić information content (AvgIpc) is 2.94. The van der Waals surface area contributed by atoms with Gasteiger partial charge in [-0.2, -0.15) is 8.42 Å². The molecule has 0 unspecified atom stereocenters. The van der Waals surface area contributed by atoms with Crippen LogP contribution >= 0.6 is 0 Å². The summed E-state index contributed by atoms with van der Waals surface area (Å²) in [5.41, 5.74) is 8.27. The molecular weight excluding hydrogens is 532 g/mol. The number of fused-ring (bicyclic) bond motifs is 2. The molecule has 0 bridgehead atoms. The van der Waals surface area contributed by atoms with E-state index in [9.17, 15) is 13.0 Å². The number of anilines is 2. The number of rotatable bonds is 5. The molecule has 1 aliphatic heterocycles. The van der Waals surface area contributed by atoms with Crippen molar-refractivity contribution < 1.29 is 17.4 Å². The molecule has 0 aromatic heterocycles. The molecule has 2 aliphatic rings. The van der Waals surface area contributed by atoms with Crippen molar-refractivity contribution >= 4 is 38.1 Å². The van der Waals surface area contributed by atoms with Crippen molar-refractivity contribution in [3.8, 4) is 22.5 Å². The van der Waals surface area contributed by atoms with Crippen molar-refractivity contribution in [2.45, 2.75) is 25.7 Å². The molecule has 204 valence electrons. The van der Waals surface area contributed by atoms with Crippen molar-refractivity contribution in [3.05, 3.63) is 125 Å². The number of para-hydroxylation sites is 2. The molecule has 0 radical (unpaired) electrons. The van der Waals surface area contributed by atoms with E-state index in [4.69, 9.17) is 9.41 Å². The zero-order valence-corrected chi connectivity index (χ0v) is 23.7. The van der Waals surface area contributed by atoms with Crippen LogP contribution in [-0.2, 0) is 10.1 Å². The van der Waals surface area contributed by atoms with Crippen molar-refractivity contribution in [1.82, 2.24) is 0 Å². The summed E-state index contributed by atoms with van der Waals surface area (Å²) < 4.78 is 41.4. The maximum atomic E-state index is 12.4. The minimum atomic E-state index is -4.49. The van der Waals surface area contributed by atoms with Crippen LogP contribution in [0.15, 0.2) is 117 Å². The Morgan fingerprint density at radius 2 is 1.44 bits per heavy atom. The van der Waals surface area contributed by atoms with E-state index in [0.29, 0.717) is 38.8 Å². The number of aryl methyl sites for hydroxylation is 3. The first-order valence-electron chi connectivity index (χ1n) is 13.2. The van der Waals surface area contributed by atoms with Crippen LogP contribution in [0.25, 0.3) is 33.4 Å². The lowest BCUT2D eigenvalue weighted by atomic mass is 9.93. The fraction of sp³-hybridized carbons (Fsp3) is 0.0882. The second kappa shape index (κ2) is 10.4. The fourth-order valence-corrected chi connectivity index (χ4v) is 5.90. The fourth-order valence-electron chi connectivity index (χ4n) is 5.20. The first kappa shape index (κ1) is 26.5. The molecule has 7 heteroatoms. The third-order valence-corrected chi connectivity index (χ3v) is 8.17. The van der Waals surface area contributed by atoms with Gasteiger partial charge in [0.05, 0.1) is 11.0 Å². The molecule has 2 N–H and O–H groups in total. The second-order valence-corrected chi connectivity index (χ2v) is 11.5. The molecule has 4 aromatic rings. The number of nitrogens with zero attached hydrogens (tertiary/aromatic N) is 1. The zero-order chi connectivity index (χ0) is 28.7. The van der Waals surface area contributed by atoms with E-state index in [2.05, 4.69) is 31.3 Å². The standard InChI is InChI=1S/C34H28N2O4S/c1-21-9-4-6-13-29(21)35-24-15-17-26-30(19-24)40-31-20-25(36-34-22(2)10-8-11-23(34)3)16-18-27(31)33(26)28-12-5-7-14-32(28)41(37,38)39/h4-20,36H,1-3H3,(H,37,38,39)/b35-24-. The lowest BCUT2D eigenvalue weighted by Gasteiger charge is -2.18. The number of benzene rings is 5. The predicted molar refractivity (Wildman–Crippen MR) is 164 cm³/mol. The van der Waals surface area contributed by atoms with Gasteiger partial charge >= 0.3 is 0 Å². The second-order valence-electron chi connectivity index (χ2n) is 10.1. The van der Waals surface area contributed by atoms with Crippen LogP contribution in [0.2, 0.25) is 0 Å². The van der Waals surface area contributed by atoms with Gasteiger partial charge in [0.25, 0.3) is 10.1 Å². The molecule has 0 saturated heterocycles. The molecule has 0 amide bonds. The summed E-state index contributed by atoms with van der Waals surface area (Å²) in [6, 6.07) is 31.8. The monoisotopic (exact) mass is 560 g/mol. The highest BCUT2D eigenvalue weighted by Gasteiger charge is 2.23. The number of nitrogens with one attached hydrogen (secondary N) is 1. The van der Waals surface area contributed by atoms with Crippen LogP contribution < -0.4 is 10.7 Å². The quantitative estimate of drug-likeness (QED) is 0.163. The summed E-state index contributed by atoms with van der Waals surface area (Å²) in [5.74, 6) is 0.539. The van der Waals surface area contributed by atoms with Crippen LogP contribution in [0.3, 0.4) is 0 Å². The Morgan fingerprint density at radius 3 is 2.20 bits per heavy atom. The van der Waals surface area contributed by atoms with Crippen molar-refractivity contribution in [1.29, 1.82) is 0 Å². The smallest absolute Gasteiger partial charge is 0.295 e. The Labute approximate surface area is 238 Å². The van der Waals surface area contributed by atoms with Crippen LogP contribution in [0.5, 0.6) is 0 Å². The minimum absolute atomic E-state index is 0.166. The Kier molecular flexibility index (Phi) is 6.69. The van der Waals surface area contributed by atoms with Crippen molar-refractivity contribution in [3.63, 3.8) is 0 Å². The maximum Gasteiger partial charge on any atom is 0.295 e. The van der Waals surface area contributed by atoms with Gasteiger partial charge in [0.15, 0.2) is 0 Å². The molecule has 4 aromatic carbocycles. The van der Waals surface area contributed by atoms with Gasteiger partial charge in [-0.25, -0.2) is 4.99 Å². The molecule has 0 spiro atoms. The Bertz CT molecular complexity index is 2070. The van der Waals surface area contributed by atoms with Crippen LogP contribution in [0.1, 0.15) is 16.7 Å².